The predicted octanol–water partition coefficient (Wildman–Crippen LogP) is 3.81. The molecule has 0 saturated carbocycles. The molecule has 144 valence electrons. The van der Waals surface area contributed by atoms with Crippen molar-refractivity contribution in [1.82, 2.24) is 4.98 Å². The number of carboxylic acids is 1. The van der Waals surface area contributed by atoms with Crippen molar-refractivity contribution in [2.24, 2.45) is 0 Å². The van der Waals surface area contributed by atoms with Crippen LogP contribution in [-0.4, -0.2) is 27.6 Å². The molecule has 0 atom stereocenters. The first-order chi connectivity index (χ1) is 13.4. The van der Waals surface area contributed by atoms with Crippen LogP contribution < -0.4 is 4.74 Å². The predicted molar refractivity (Wildman–Crippen MR) is 100 cm³/mol. The van der Waals surface area contributed by atoms with Crippen LogP contribution in [0, 0.1) is 17.0 Å². The minimum absolute atomic E-state index is 0.00535. The molecule has 28 heavy (non-hydrogen) atoms. The van der Waals surface area contributed by atoms with Gasteiger partial charge in [-0.1, -0.05) is 12.1 Å². The molecule has 0 spiro atoms. The third-order valence-electron chi connectivity index (χ3n) is 4.08. The van der Waals surface area contributed by atoms with Crippen LogP contribution in [0.25, 0.3) is 11.5 Å². The van der Waals surface area contributed by atoms with E-state index in [1.807, 2.05) is 0 Å². The Bertz CT molecular complexity index is 994. The number of carboxylic acid groups (broad SMARTS) is 1. The van der Waals surface area contributed by atoms with Crippen molar-refractivity contribution in [2.75, 3.05) is 6.61 Å². The quantitative estimate of drug-likeness (QED) is 0.465. The van der Waals surface area contributed by atoms with Gasteiger partial charge in [0.05, 0.1) is 23.6 Å². The molecule has 8 heteroatoms. The maximum Gasteiger partial charge on any atom is 0.307 e. The molecular weight excluding hydrogens is 364 g/mol. The van der Waals surface area contributed by atoms with Crippen molar-refractivity contribution in [1.29, 1.82) is 0 Å². The standard InChI is InChI=1S/C20H18N2O6/c1-13-18(9-10-27-17-4-2-3-14(11-17)12-19(23)24)21-20(28-13)15-5-7-16(8-6-15)22(25)26/h2-8,11H,9-10,12H2,1H3,(H,23,24). The number of nitro groups is 1. The Morgan fingerprint density at radius 2 is 2.00 bits per heavy atom. The van der Waals surface area contributed by atoms with Gasteiger partial charge in [-0.2, -0.15) is 0 Å². The molecule has 2 aromatic carbocycles. The molecule has 8 nitrogen and oxygen atoms in total. The summed E-state index contributed by atoms with van der Waals surface area (Å²) in [5.41, 5.74) is 2.06. The van der Waals surface area contributed by atoms with Crippen molar-refractivity contribution in [2.45, 2.75) is 19.8 Å². The molecule has 0 fully saturated rings. The molecule has 0 saturated heterocycles. The van der Waals surface area contributed by atoms with Gasteiger partial charge in [-0.25, -0.2) is 4.98 Å². The maximum absolute atomic E-state index is 10.8. The fourth-order valence-electron chi connectivity index (χ4n) is 2.69. The number of nitrogens with zero attached hydrogens (tertiary/aromatic N) is 2. The van der Waals surface area contributed by atoms with E-state index < -0.39 is 10.9 Å². The molecule has 0 unspecified atom stereocenters. The second kappa shape index (κ2) is 8.34. The summed E-state index contributed by atoms with van der Waals surface area (Å²) in [6.45, 7) is 2.15. The van der Waals surface area contributed by atoms with E-state index in [9.17, 15) is 14.9 Å². The Morgan fingerprint density at radius 1 is 1.25 bits per heavy atom. The lowest BCUT2D eigenvalue weighted by atomic mass is 10.1. The minimum Gasteiger partial charge on any atom is -0.493 e. The van der Waals surface area contributed by atoms with Crippen molar-refractivity contribution < 1.29 is 24.0 Å². The fourth-order valence-corrected chi connectivity index (χ4v) is 2.69. The van der Waals surface area contributed by atoms with Gasteiger partial charge in [0.25, 0.3) is 5.69 Å². The van der Waals surface area contributed by atoms with Gasteiger partial charge in [0.2, 0.25) is 5.89 Å². The van der Waals surface area contributed by atoms with Crippen molar-refractivity contribution in [3.8, 4) is 17.2 Å². The van der Waals surface area contributed by atoms with Crippen molar-refractivity contribution >= 4 is 11.7 Å². The molecule has 0 aliphatic rings. The lowest BCUT2D eigenvalue weighted by Crippen LogP contribution is -2.04. The van der Waals surface area contributed by atoms with Crippen LogP contribution >= 0.6 is 0 Å². The monoisotopic (exact) mass is 382 g/mol. The van der Waals surface area contributed by atoms with Gasteiger partial charge in [-0.05, 0) is 36.8 Å². The lowest BCUT2D eigenvalue weighted by molar-refractivity contribution is -0.384. The zero-order valence-corrected chi connectivity index (χ0v) is 15.1. The summed E-state index contributed by atoms with van der Waals surface area (Å²) in [6, 6.07) is 13.0. The summed E-state index contributed by atoms with van der Waals surface area (Å²) in [4.78, 5) is 25.5. The second-order valence-corrected chi connectivity index (χ2v) is 6.14. The van der Waals surface area contributed by atoms with Crippen LogP contribution in [0.5, 0.6) is 5.75 Å². The Labute approximate surface area is 160 Å². The third-order valence-corrected chi connectivity index (χ3v) is 4.08. The van der Waals surface area contributed by atoms with Gasteiger partial charge in [-0.15, -0.1) is 0 Å². The van der Waals surface area contributed by atoms with E-state index in [4.69, 9.17) is 14.3 Å². The first-order valence-corrected chi connectivity index (χ1v) is 8.57. The molecule has 3 aromatic rings. The topological polar surface area (TPSA) is 116 Å². The Hall–Kier alpha value is -3.68. The van der Waals surface area contributed by atoms with Crippen LogP contribution in [0.2, 0.25) is 0 Å². The van der Waals surface area contributed by atoms with Crippen LogP contribution in [0.3, 0.4) is 0 Å². The number of hydrogen-bond acceptors (Lipinski definition) is 6. The van der Waals surface area contributed by atoms with Gasteiger partial charge in [0, 0.05) is 24.1 Å². The molecule has 1 aromatic heterocycles. The number of nitro benzene ring substituents is 1. The van der Waals surface area contributed by atoms with Crippen LogP contribution in [0.4, 0.5) is 5.69 Å². The smallest absolute Gasteiger partial charge is 0.307 e. The van der Waals surface area contributed by atoms with Crippen LogP contribution in [0.15, 0.2) is 52.9 Å². The SMILES string of the molecule is Cc1oc(-c2ccc([N+](=O)[O-])cc2)nc1CCOc1cccc(CC(=O)O)c1. The molecule has 0 radical (unpaired) electrons. The number of carbonyl (C=O) groups is 1. The number of aryl methyl sites for hydroxylation is 1. The lowest BCUT2D eigenvalue weighted by Gasteiger charge is -2.06. The average molecular weight is 382 g/mol. The summed E-state index contributed by atoms with van der Waals surface area (Å²) in [5.74, 6) is 0.743. The normalized spacial score (nSPS) is 10.6. The summed E-state index contributed by atoms with van der Waals surface area (Å²) in [5, 5.41) is 19.6. The molecule has 3 rings (SSSR count). The van der Waals surface area contributed by atoms with Crippen LogP contribution in [-0.2, 0) is 17.6 Å². The summed E-state index contributed by atoms with van der Waals surface area (Å²) in [6.07, 6.45) is 0.448. The zero-order chi connectivity index (χ0) is 20.1. The highest BCUT2D eigenvalue weighted by Gasteiger charge is 2.13. The first kappa shape index (κ1) is 19.1. The average Bonchev–Trinajstić information content (AvgIpc) is 3.02. The fraction of sp³-hybridized carbons (Fsp3) is 0.200. The van der Waals surface area contributed by atoms with E-state index in [1.54, 1.807) is 43.3 Å². The summed E-state index contributed by atoms with van der Waals surface area (Å²) < 4.78 is 11.4. The zero-order valence-electron chi connectivity index (χ0n) is 15.1. The number of rotatable bonds is 8. The van der Waals surface area contributed by atoms with Gasteiger partial charge >= 0.3 is 5.97 Å². The molecule has 1 N–H and O–H groups in total. The van der Waals surface area contributed by atoms with E-state index in [1.165, 1.54) is 12.1 Å². The summed E-state index contributed by atoms with van der Waals surface area (Å²) >= 11 is 0. The van der Waals surface area contributed by atoms with Gasteiger partial charge in [0.15, 0.2) is 0 Å². The first-order valence-electron chi connectivity index (χ1n) is 8.57. The van der Waals surface area contributed by atoms with E-state index in [0.717, 1.165) is 5.69 Å². The number of non-ortho nitro benzene ring substituents is 1. The van der Waals surface area contributed by atoms with Crippen molar-refractivity contribution in [3.63, 3.8) is 0 Å². The second-order valence-electron chi connectivity index (χ2n) is 6.14. The molecule has 0 amide bonds. The highest BCUT2D eigenvalue weighted by Crippen LogP contribution is 2.24. The number of aliphatic carboxylic acids is 1. The summed E-state index contributed by atoms with van der Waals surface area (Å²) in [7, 11) is 0. The van der Waals surface area contributed by atoms with Crippen LogP contribution in [0.1, 0.15) is 17.0 Å². The molecule has 0 aliphatic carbocycles. The van der Waals surface area contributed by atoms with Gasteiger partial charge in [0.1, 0.15) is 11.5 Å². The Balaban J connectivity index is 1.63. The molecule has 1 heterocycles. The van der Waals surface area contributed by atoms with Gasteiger partial charge in [-0.3, -0.25) is 14.9 Å². The van der Waals surface area contributed by atoms with E-state index in [-0.39, 0.29) is 12.1 Å². The number of oxazole rings is 1. The Kier molecular flexibility index (Phi) is 5.69. The third kappa shape index (κ3) is 4.73. The maximum atomic E-state index is 10.8. The van der Waals surface area contributed by atoms with Crippen molar-refractivity contribution in [3.05, 3.63) is 75.7 Å². The minimum atomic E-state index is -0.894. The van der Waals surface area contributed by atoms with E-state index in [2.05, 4.69) is 4.98 Å². The molecule has 0 aliphatic heterocycles. The molecular formula is C20H18N2O6. The number of benzene rings is 2. The Morgan fingerprint density at radius 3 is 2.68 bits per heavy atom. The highest BCUT2D eigenvalue weighted by atomic mass is 16.6. The molecule has 0 bridgehead atoms. The number of aromatic nitrogens is 1. The number of ether oxygens (including phenoxy) is 1. The van der Waals surface area contributed by atoms with Gasteiger partial charge < -0.3 is 14.3 Å². The largest absolute Gasteiger partial charge is 0.493 e. The highest BCUT2D eigenvalue weighted by molar-refractivity contribution is 5.70. The van der Waals surface area contributed by atoms with E-state index in [0.29, 0.717) is 41.6 Å². The van der Waals surface area contributed by atoms with E-state index >= 15 is 0 Å². The number of hydrogen-bond donors (Lipinski definition) is 1.